The third-order valence-electron chi connectivity index (χ3n) is 2.56. The van der Waals surface area contributed by atoms with E-state index >= 15 is 0 Å². The van der Waals surface area contributed by atoms with Crippen molar-refractivity contribution < 1.29 is 19.0 Å². The van der Waals surface area contributed by atoms with E-state index < -0.39 is 0 Å². The summed E-state index contributed by atoms with van der Waals surface area (Å²) in [6.45, 7) is 3.69. The van der Waals surface area contributed by atoms with Gasteiger partial charge in [-0.2, -0.15) is 0 Å². The van der Waals surface area contributed by atoms with Crippen molar-refractivity contribution >= 4 is 21.7 Å². The van der Waals surface area contributed by atoms with Crippen LogP contribution in [0.2, 0.25) is 0 Å². The Balaban J connectivity index is 3.51. The second-order valence-electron chi connectivity index (χ2n) is 4.03. The van der Waals surface area contributed by atoms with Gasteiger partial charge in [-0.05, 0) is 22.0 Å². The maximum atomic E-state index is 12.1. The predicted molar refractivity (Wildman–Crippen MR) is 73.0 cm³/mol. The summed E-state index contributed by atoms with van der Waals surface area (Å²) < 4.78 is 16.3. The molecule has 1 aromatic carbocycles. The van der Waals surface area contributed by atoms with Crippen molar-refractivity contribution in [3.05, 3.63) is 16.1 Å². The highest BCUT2D eigenvalue weighted by Gasteiger charge is 2.23. The summed E-state index contributed by atoms with van der Waals surface area (Å²) in [6.07, 6.45) is 0. The van der Waals surface area contributed by atoms with E-state index in [2.05, 4.69) is 15.9 Å². The minimum Gasteiger partial charge on any atom is -0.493 e. The number of carbonyl (C=O) groups is 1. The van der Waals surface area contributed by atoms with Gasteiger partial charge in [0.25, 0.3) is 0 Å². The van der Waals surface area contributed by atoms with Gasteiger partial charge in [0.1, 0.15) is 0 Å². The van der Waals surface area contributed by atoms with E-state index in [-0.39, 0.29) is 11.7 Å². The molecule has 0 saturated heterocycles. The summed E-state index contributed by atoms with van der Waals surface area (Å²) in [5.41, 5.74) is 0.527. The van der Waals surface area contributed by atoms with E-state index in [9.17, 15) is 4.79 Å². The summed E-state index contributed by atoms with van der Waals surface area (Å²) in [5, 5.41) is 0. The number of benzene rings is 1. The molecule has 0 bridgehead atoms. The molecule has 0 atom stereocenters. The fourth-order valence-corrected chi connectivity index (χ4v) is 2.26. The second kappa shape index (κ2) is 6.09. The smallest absolute Gasteiger partial charge is 0.204 e. The van der Waals surface area contributed by atoms with E-state index in [1.54, 1.807) is 6.07 Å². The van der Waals surface area contributed by atoms with Crippen molar-refractivity contribution in [2.24, 2.45) is 5.92 Å². The molecule has 0 fully saturated rings. The molecule has 0 radical (unpaired) electrons. The standard InChI is InChI=1S/C13H17BrO4/c1-7(2)11(15)8-6-9(16-3)12(17-4)13(18-5)10(8)14/h6-7H,1-5H3. The molecular weight excluding hydrogens is 300 g/mol. The maximum absolute atomic E-state index is 12.1. The number of ketones is 1. The number of Topliss-reactive ketones (excluding diaryl/α,β-unsaturated/α-hetero) is 1. The van der Waals surface area contributed by atoms with Crippen LogP contribution in [0.15, 0.2) is 10.5 Å². The molecule has 5 heteroatoms. The molecule has 0 spiro atoms. The fourth-order valence-electron chi connectivity index (χ4n) is 1.61. The normalized spacial score (nSPS) is 10.4. The Kier molecular flexibility index (Phi) is 5.02. The van der Waals surface area contributed by atoms with Crippen molar-refractivity contribution in [2.45, 2.75) is 13.8 Å². The van der Waals surface area contributed by atoms with Crippen LogP contribution in [0.4, 0.5) is 0 Å². The first kappa shape index (κ1) is 14.8. The molecule has 0 aliphatic carbocycles. The minimum atomic E-state index is -0.107. The van der Waals surface area contributed by atoms with E-state index in [0.717, 1.165) is 0 Å². The lowest BCUT2D eigenvalue weighted by atomic mass is 10.0. The van der Waals surface area contributed by atoms with E-state index in [1.807, 2.05) is 13.8 Å². The van der Waals surface area contributed by atoms with Gasteiger partial charge in [0.2, 0.25) is 5.75 Å². The van der Waals surface area contributed by atoms with Crippen LogP contribution in [0.1, 0.15) is 24.2 Å². The number of halogens is 1. The van der Waals surface area contributed by atoms with Crippen molar-refractivity contribution in [3.8, 4) is 17.2 Å². The number of methoxy groups -OCH3 is 3. The molecule has 0 aromatic heterocycles. The van der Waals surface area contributed by atoms with Crippen molar-refractivity contribution in [2.75, 3.05) is 21.3 Å². The Morgan fingerprint density at radius 1 is 1.11 bits per heavy atom. The number of rotatable bonds is 5. The largest absolute Gasteiger partial charge is 0.493 e. The SMILES string of the molecule is COc1cc(C(=O)C(C)C)c(Br)c(OC)c1OC. The van der Waals surface area contributed by atoms with Gasteiger partial charge in [-0.3, -0.25) is 4.79 Å². The number of hydrogen-bond acceptors (Lipinski definition) is 4. The van der Waals surface area contributed by atoms with Crippen LogP contribution in [-0.4, -0.2) is 27.1 Å². The molecule has 0 aliphatic rings. The van der Waals surface area contributed by atoms with Crippen LogP contribution < -0.4 is 14.2 Å². The van der Waals surface area contributed by atoms with Crippen molar-refractivity contribution in [1.29, 1.82) is 0 Å². The molecule has 0 amide bonds. The average Bonchev–Trinajstić information content (AvgIpc) is 2.36. The Morgan fingerprint density at radius 3 is 2.06 bits per heavy atom. The Hall–Kier alpha value is -1.23. The lowest BCUT2D eigenvalue weighted by Gasteiger charge is -2.17. The number of ether oxygens (including phenoxy) is 3. The third-order valence-corrected chi connectivity index (χ3v) is 3.35. The number of carbonyl (C=O) groups excluding carboxylic acids is 1. The summed E-state index contributed by atoms with van der Waals surface area (Å²) >= 11 is 3.38. The quantitative estimate of drug-likeness (QED) is 0.782. The van der Waals surface area contributed by atoms with E-state index in [0.29, 0.717) is 27.3 Å². The highest BCUT2D eigenvalue weighted by Crippen LogP contribution is 2.45. The topological polar surface area (TPSA) is 44.8 Å². The molecular formula is C13H17BrO4. The highest BCUT2D eigenvalue weighted by molar-refractivity contribution is 9.10. The lowest BCUT2D eigenvalue weighted by Crippen LogP contribution is -2.10. The Labute approximate surface area is 115 Å². The molecule has 0 aliphatic heterocycles. The first-order valence-electron chi connectivity index (χ1n) is 5.50. The molecule has 0 N–H and O–H groups in total. The molecule has 100 valence electrons. The van der Waals surface area contributed by atoms with Gasteiger partial charge in [-0.15, -0.1) is 0 Å². The molecule has 0 saturated carbocycles. The van der Waals surface area contributed by atoms with E-state index in [4.69, 9.17) is 14.2 Å². The van der Waals surface area contributed by atoms with Gasteiger partial charge in [0.05, 0.1) is 25.8 Å². The van der Waals surface area contributed by atoms with E-state index in [1.165, 1.54) is 21.3 Å². The number of hydrogen-bond donors (Lipinski definition) is 0. The lowest BCUT2D eigenvalue weighted by molar-refractivity contribution is 0.0937. The molecule has 1 rings (SSSR count). The van der Waals surface area contributed by atoms with Gasteiger partial charge < -0.3 is 14.2 Å². The molecule has 4 nitrogen and oxygen atoms in total. The highest BCUT2D eigenvalue weighted by atomic mass is 79.9. The van der Waals surface area contributed by atoms with Crippen LogP contribution in [0.3, 0.4) is 0 Å². The zero-order valence-electron chi connectivity index (χ0n) is 11.2. The summed E-state index contributed by atoms with van der Waals surface area (Å²) in [7, 11) is 4.57. The fraction of sp³-hybridized carbons (Fsp3) is 0.462. The monoisotopic (exact) mass is 316 g/mol. The van der Waals surface area contributed by atoms with Crippen molar-refractivity contribution in [1.82, 2.24) is 0 Å². The molecule has 0 heterocycles. The summed E-state index contributed by atoms with van der Waals surface area (Å²) in [6, 6.07) is 1.66. The Morgan fingerprint density at radius 2 is 1.67 bits per heavy atom. The van der Waals surface area contributed by atoms with Crippen LogP contribution in [-0.2, 0) is 0 Å². The second-order valence-corrected chi connectivity index (χ2v) is 4.82. The van der Waals surface area contributed by atoms with Crippen LogP contribution in [0, 0.1) is 5.92 Å². The van der Waals surface area contributed by atoms with Gasteiger partial charge in [0.15, 0.2) is 17.3 Å². The zero-order chi connectivity index (χ0) is 13.9. The first-order chi connectivity index (χ1) is 8.47. The van der Waals surface area contributed by atoms with Gasteiger partial charge in [-0.25, -0.2) is 0 Å². The first-order valence-corrected chi connectivity index (χ1v) is 6.29. The predicted octanol–water partition coefficient (Wildman–Crippen LogP) is 3.31. The average molecular weight is 317 g/mol. The maximum Gasteiger partial charge on any atom is 0.204 e. The summed E-state index contributed by atoms with van der Waals surface area (Å²) in [5.74, 6) is 1.31. The van der Waals surface area contributed by atoms with Crippen LogP contribution in [0.25, 0.3) is 0 Å². The third kappa shape index (κ3) is 2.61. The van der Waals surface area contributed by atoms with Gasteiger partial charge in [0, 0.05) is 11.5 Å². The Bertz CT molecular complexity index is 455. The van der Waals surface area contributed by atoms with Crippen LogP contribution >= 0.6 is 15.9 Å². The van der Waals surface area contributed by atoms with Crippen LogP contribution in [0.5, 0.6) is 17.2 Å². The summed E-state index contributed by atoms with van der Waals surface area (Å²) in [4.78, 5) is 12.1. The van der Waals surface area contributed by atoms with Gasteiger partial charge in [-0.1, -0.05) is 13.8 Å². The zero-order valence-corrected chi connectivity index (χ0v) is 12.8. The minimum absolute atomic E-state index is 0.0149. The molecule has 1 aromatic rings. The van der Waals surface area contributed by atoms with Crippen molar-refractivity contribution in [3.63, 3.8) is 0 Å². The van der Waals surface area contributed by atoms with Gasteiger partial charge >= 0.3 is 0 Å². The molecule has 18 heavy (non-hydrogen) atoms. The molecule has 0 unspecified atom stereocenters.